The maximum atomic E-state index is 14.5. The highest BCUT2D eigenvalue weighted by atomic mass is 31.2. The van der Waals surface area contributed by atoms with Gasteiger partial charge in [-0.3, -0.25) is 9.36 Å². The molecule has 7 nitrogen and oxygen atoms in total. The molecule has 1 unspecified atom stereocenters. The van der Waals surface area contributed by atoms with E-state index >= 15 is 0 Å². The van der Waals surface area contributed by atoms with E-state index in [-0.39, 0.29) is 35.9 Å². The number of carbonyl (C=O) groups is 1. The normalized spacial score (nSPS) is 19.6. The maximum absolute atomic E-state index is 14.5. The van der Waals surface area contributed by atoms with Gasteiger partial charge in [0.1, 0.15) is 23.4 Å². The first-order chi connectivity index (χ1) is 20.5. The molecule has 0 radical (unpaired) electrons. The molecule has 244 valence electrons. The van der Waals surface area contributed by atoms with Crippen LogP contribution in [0.2, 0.25) is 0 Å². The van der Waals surface area contributed by atoms with Crippen molar-refractivity contribution < 1.29 is 28.8 Å². The van der Waals surface area contributed by atoms with Crippen molar-refractivity contribution >= 4 is 13.5 Å². The topological polar surface area (TPSA) is 105 Å². The second-order valence-electron chi connectivity index (χ2n) is 14.5. The molecule has 4 atom stereocenters. The van der Waals surface area contributed by atoms with E-state index in [1.807, 2.05) is 0 Å². The standard InChI is InChI=1S/C36H54NO6P/c1-20(2)29-15-27(17-31(33(29)38)23(7)25-11-12-25)28-16-30(21(3)4)34(32(18-28)24(8)26-13-14-26)43-44(41,19-42-10)37-36(9,22(5)6)35(39)40/h15-18,20-26,38H,11-14,19H2,1-10H3,(H,37,41)(H,39,40)/t23-,24-,36+,44?/m1/s1. The van der Waals surface area contributed by atoms with Crippen molar-refractivity contribution in [3.63, 3.8) is 0 Å². The van der Waals surface area contributed by atoms with Crippen LogP contribution in [0.25, 0.3) is 11.1 Å². The third kappa shape index (κ3) is 7.21. The fraction of sp³-hybridized carbons (Fsp3) is 0.639. The Hall–Kier alpha value is -2.34. The molecular formula is C36H54NO6P. The molecule has 2 aliphatic carbocycles. The lowest BCUT2D eigenvalue weighted by Gasteiger charge is -2.35. The number of carboxylic acids is 1. The van der Waals surface area contributed by atoms with Crippen LogP contribution >= 0.6 is 7.52 Å². The molecule has 44 heavy (non-hydrogen) atoms. The summed E-state index contributed by atoms with van der Waals surface area (Å²) < 4.78 is 26.4. The second kappa shape index (κ2) is 13.2. The molecule has 2 aliphatic rings. The number of hydrogen-bond donors (Lipinski definition) is 3. The van der Waals surface area contributed by atoms with E-state index in [9.17, 15) is 19.6 Å². The minimum Gasteiger partial charge on any atom is -0.507 e. The number of benzene rings is 2. The molecule has 0 aliphatic heterocycles. The number of nitrogens with one attached hydrogen (secondary N) is 1. The highest BCUT2D eigenvalue weighted by molar-refractivity contribution is 7.57. The largest absolute Gasteiger partial charge is 0.507 e. The van der Waals surface area contributed by atoms with E-state index in [4.69, 9.17) is 9.26 Å². The van der Waals surface area contributed by atoms with E-state index < -0.39 is 19.0 Å². The summed E-state index contributed by atoms with van der Waals surface area (Å²) in [5, 5.41) is 24.4. The monoisotopic (exact) mass is 627 g/mol. The van der Waals surface area contributed by atoms with Gasteiger partial charge < -0.3 is 19.5 Å². The number of hydrogen-bond acceptors (Lipinski definition) is 5. The van der Waals surface area contributed by atoms with Gasteiger partial charge in [-0.2, -0.15) is 0 Å². The zero-order chi connectivity index (χ0) is 32.7. The Morgan fingerprint density at radius 2 is 1.32 bits per heavy atom. The Kier molecular flexibility index (Phi) is 10.3. The molecular weight excluding hydrogens is 573 g/mol. The van der Waals surface area contributed by atoms with E-state index in [0.717, 1.165) is 46.2 Å². The van der Waals surface area contributed by atoms with Crippen LogP contribution in [0.4, 0.5) is 0 Å². The molecule has 2 fully saturated rings. The highest BCUT2D eigenvalue weighted by Crippen LogP contribution is 2.54. The Morgan fingerprint density at radius 3 is 1.75 bits per heavy atom. The summed E-state index contributed by atoms with van der Waals surface area (Å²) in [4.78, 5) is 12.4. The maximum Gasteiger partial charge on any atom is 0.342 e. The van der Waals surface area contributed by atoms with E-state index in [1.54, 1.807) is 20.8 Å². The molecule has 2 aromatic carbocycles. The summed E-state index contributed by atoms with van der Waals surface area (Å²) in [5.74, 6) is 1.25. The van der Waals surface area contributed by atoms with Crippen molar-refractivity contribution in [1.82, 2.24) is 5.09 Å². The van der Waals surface area contributed by atoms with Crippen LogP contribution in [-0.2, 0) is 14.1 Å². The van der Waals surface area contributed by atoms with Crippen molar-refractivity contribution in [2.75, 3.05) is 13.5 Å². The van der Waals surface area contributed by atoms with Gasteiger partial charge >= 0.3 is 13.5 Å². The first-order valence-corrected chi connectivity index (χ1v) is 18.2. The van der Waals surface area contributed by atoms with Crippen LogP contribution in [0.3, 0.4) is 0 Å². The van der Waals surface area contributed by atoms with Gasteiger partial charge in [0.05, 0.1) is 0 Å². The van der Waals surface area contributed by atoms with Crippen molar-refractivity contribution in [2.45, 2.75) is 117 Å². The minimum atomic E-state index is -3.84. The number of aliphatic carboxylic acids is 1. The van der Waals surface area contributed by atoms with Crippen LogP contribution in [-0.4, -0.2) is 35.2 Å². The van der Waals surface area contributed by atoms with Gasteiger partial charge in [-0.25, -0.2) is 5.09 Å². The van der Waals surface area contributed by atoms with E-state index in [2.05, 4.69) is 70.9 Å². The summed E-state index contributed by atoms with van der Waals surface area (Å²) in [6.45, 7) is 18.0. The molecule has 2 aromatic rings. The predicted octanol–water partition coefficient (Wildman–Crippen LogP) is 9.60. The van der Waals surface area contributed by atoms with Crippen LogP contribution in [0.5, 0.6) is 11.5 Å². The van der Waals surface area contributed by atoms with Gasteiger partial charge in [0.25, 0.3) is 0 Å². The van der Waals surface area contributed by atoms with Gasteiger partial charge in [-0.15, -0.1) is 0 Å². The first kappa shape index (κ1) is 34.5. The molecule has 4 rings (SSSR count). The summed E-state index contributed by atoms with van der Waals surface area (Å²) in [5.41, 5.74) is 4.47. The van der Waals surface area contributed by atoms with Gasteiger partial charge in [-0.1, -0.05) is 55.4 Å². The fourth-order valence-corrected chi connectivity index (χ4v) is 8.29. The smallest absolute Gasteiger partial charge is 0.342 e. The van der Waals surface area contributed by atoms with Gasteiger partial charge in [0, 0.05) is 7.11 Å². The molecule has 8 heteroatoms. The number of rotatable bonds is 15. The van der Waals surface area contributed by atoms with Crippen molar-refractivity contribution in [3.05, 3.63) is 46.5 Å². The fourth-order valence-electron chi connectivity index (χ4n) is 6.22. The Morgan fingerprint density at radius 1 is 0.864 bits per heavy atom. The lowest BCUT2D eigenvalue weighted by atomic mass is 9.84. The Labute approximate surface area is 264 Å². The number of ether oxygens (including phenoxy) is 1. The molecule has 0 bridgehead atoms. The molecule has 3 N–H and O–H groups in total. The van der Waals surface area contributed by atoms with Crippen molar-refractivity contribution in [1.29, 1.82) is 0 Å². The molecule has 2 saturated carbocycles. The first-order valence-electron chi connectivity index (χ1n) is 16.4. The van der Waals surface area contributed by atoms with E-state index in [0.29, 0.717) is 23.3 Å². The summed E-state index contributed by atoms with van der Waals surface area (Å²) in [6.07, 6.45) is 4.38. The zero-order valence-corrected chi connectivity index (χ0v) is 29.3. The third-order valence-corrected chi connectivity index (χ3v) is 12.0. The Bertz CT molecular complexity index is 1410. The van der Waals surface area contributed by atoms with Crippen LogP contribution < -0.4 is 9.61 Å². The lowest BCUT2D eigenvalue weighted by Crippen LogP contribution is -2.52. The van der Waals surface area contributed by atoms with Crippen molar-refractivity contribution in [3.8, 4) is 22.6 Å². The second-order valence-corrected chi connectivity index (χ2v) is 16.5. The van der Waals surface area contributed by atoms with Crippen molar-refractivity contribution in [2.24, 2.45) is 17.8 Å². The van der Waals surface area contributed by atoms with Crippen LogP contribution in [0.1, 0.15) is 134 Å². The minimum absolute atomic E-state index is 0.0357. The molecule has 0 saturated heterocycles. The average molecular weight is 628 g/mol. The lowest BCUT2D eigenvalue weighted by molar-refractivity contribution is -0.145. The van der Waals surface area contributed by atoms with Crippen LogP contribution in [0.15, 0.2) is 24.3 Å². The predicted molar refractivity (Wildman–Crippen MR) is 178 cm³/mol. The number of carboxylic acid groups (broad SMARTS) is 1. The molecule has 0 spiro atoms. The molecule has 0 amide bonds. The quantitative estimate of drug-likeness (QED) is 0.169. The Balaban J connectivity index is 1.91. The average Bonchev–Trinajstić information content (AvgIpc) is 3.85. The van der Waals surface area contributed by atoms with E-state index in [1.165, 1.54) is 20.0 Å². The number of aromatic hydroxyl groups is 1. The van der Waals surface area contributed by atoms with Gasteiger partial charge in [-0.05, 0) is 132 Å². The molecule has 0 aromatic heterocycles. The number of methoxy groups -OCH3 is 1. The van der Waals surface area contributed by atoms with Gasteiger partial charge in [0.15, 0.2) is 0 Å². The van der Waals surface area contributed by atoms with Crippen LogP contribution in [0, 0.1) is 17.8 Å². The SMILES string of the molecule is COCP(=O)(N[C@](C)(C(=O)O)C(C)C)Oc1c(C(C)C)cc(-c2cc(C(C)C)c(O)c([C@H](C)C3CC3)c2)cc1[C@H](C)C1CC1. The third-order valence-electron chi connectivity index (χ3n) is 10.1. The number of phenolic OH excluding ortho intramolecular Hbond substituents is 1. The summed E-state index contributed by atoms with van der Waals surface area (Å²) in [6, 6.07) is 8.57. The summed E-state index contributed by atoms with van der Waals surface area (Å²) in [7, 11) is -2.39. The van der Waals surface area contributed by atoms with Gasteiger partial charge in [0.2, 0.25) is 0 Å². The number of phenols is 1. The highest BCUT2D eigenvalue weighted by Gasteiger charge is 2.45. The zero-order valence-electron chi connectivity index (χ0n) is 28.4. The molecule has 0 heterocycles. The summed E-state index contributed by atoms with van der Waals surface area (Å²) >= 11 is 0.